The molecule has 0 bridgehead atoms. The van der Waals surface area contributed by atoms with E-state index in [1.165, 1.54) is 22.3 Å². The summed E-state index contributed by atoms with van der Waals surface area (Å²) in [6.45, 7) is 6.06. The molecule has 2 unspecified atom stereocenters. The molecular formula is C32H36N2O4. The van der Waals surface area contributed by atoms with E-state index in [1.54, 1.807) is 14.2 Å². The lowest BCUT2D eigenvalue weighted by Crippen LogP contribution is -2.43. The average molecular weight is 513 g/mol. The SMILES string of the molecule is COc1ccc(C2Nc3cc4c(cc3[C@@]3(C)OCC[C@@H]23)NC(c2ccc(OC)cc2)[C@@H]2CCO[C@]42C)cc1. The average Bonchev–Trinajstić information content (AvgIpc) is 3.55. The predicted molar refractivity (Wildman–Crippen MR) is 148 cm³/mol. The Balaban J connectivity index is 1.32. The quantitative estimate of drug-likeness (QED) is 0.414. The number of methoxy groups -OCH3 is 2. The molecule has 3 aromatic carbocycles. The fraction of sp³-hybridized carbons (Fsp3) is 0.438. The lowest BCUT2D eigenvalue weighted by atomic mass is 9.69. The fourth-order valence-corrected chi connectivity index (χ4v) is 7.54. The van der Waals surface area contributed by atoms with Crippen molar-refractivity contribution in [3.05, 3.63) is 82.9 Å². The van der Waals surface area contributed by atoms with Crippen molar-refractivity contribution in [2.45, 2.75) is 50.0 Å². The lowest BCUT2D eigenvalue weighted by Gasteiger charge is -2.47. The van der Waals surface area contributed by atoms with Crippen LogP contribution in [-0.4, -0.2) is 27.4 Å². The van der Waals surface area contributed by atoms with Gasteiger partial charge in [-0.1, -0.05) is 24.3 Å². The number of nitrogens with one attached hydrogen (secondary N) is 2. The third-order valence-electron chi connectivity index (χ3n) is 9.68. The van der Waals surface area contributed by atoms with E-state index in [9.17, 15) is 0 Å². The zero-order valence-corrected chi connectivity index (χ0v) is 22.5. The molecule has 4 aliphatic heterocycles. The van der Waals surface area contributed by atoms with E-state index < -0.39 is 0 Å². The van der Waals surface area contributed by atoms with Gasteiger partial charge < -0.3 is 29.6 Å². The van der Waals surface area contributed by atoms with Gasteiger partial charge in [-0.05, 0) is 74.2 Å². The van der Waals surface area contributed by atoms with Gasteiger partial charge in [-0.25, -0.2) is 0 Å². The Kier molecular flexibility index (Phi) is 5.43. The number of hydrogen-bond acceptors (Lipinski definition) is 6. The highest BCUT2D eigenvalue weighted by Crippen LogP contribution is 2.59. The van der Waals surface area contributed by atoms with Crippen LogP contribution in [0.5, 0.6) is 11.5 Å². The van der Waals surface area contributed by atoms with E-state index in [1.807, 2.05) is 24.3 Å². The summed E-state index contributed by atoms with van der Waals surface area (Å²) in [5, 5.41) is 7.86. The van der Waals surface area contributed by atoms with Gasteiger partial charge in [0.2, 0.25) is 0 Å². The first kappa shape index (κ1) is 23.9. The van der Waals surface area contributed by atoms with Gasteiger partial charge in [-0.3, -0.25) is 0 Å². The summed E-state index contributed by atoms with van der Waals surface area (Å²) in [4.78, 5) is 0. The molecular weight excluding hydrogens is 476 g/mol. The summed E-state index contributed by atoms with van der Waals surface area (Å²) >= 11 is 0. The molecule has 0 radical (unpaired) electrons. The maximum absolute atomic E-state index is 6.57. The van der Waals surface area contributed by atoms with E-state index in [0.29, 0.717) is 11.8 Å². The predicted octanol–water partition coefficient (Wildman–Crippen LogP) is 6.54. The number of anilines is 2. The highest BCUT2D eigenvalue weighted by molar-refractivity contribution is 5.71. The third kappa shape index (κ3) is 3.39. The van der Waals surface area contributed by atoms with Gasteiger partial charge in [0, 0.05) is 47.6 Å². The van der Waals surface area contributed by atoms with Crippen LogP contribution in [-0.2, 0) is 20.7 Å². The molecule has 0 aromatic heterocycles. The molecule has 4 aliphatic rings. The summed E-state index contributed by atoms with van der Waals surface area (Å²) in [7, 11) is 3.42. The number of rotatable bonds is 4. The lowest BCUT2D eigenvalue weighted by molar-refractivity contribution is -0.0215. The van der Waals surface area contributed by atoms with Crippen molar-refractivity contribution < 1.29 is 18.9 Å². The van der Waals surface area contributed by atoms with Crippen LogP contribution in [0.3, 0.4) is 0 Å². The molecule has 2 N–H and O–H groups in total. The molecule has 38 heavy (non-hydrogen) atoms. The Hall–Kier alpha value is -3.22. The van der Waals surface area contributed by atoms with E-state index in [0.717, 1.165) is 48.9 Å². The van der Waals surface area contributed by atoms with E-state index in [2.05, 4.69) is 60.9 Å². The van der Waals surface area contributed by atoms with Crippen molar-refractivity contribution in [1.82, 2.24) is 0 Å². The minimum absolute atomic E-state index is 0.163. The van der Waals surface area contributed by atoms with Crippen LogP contribution in [0.1, 0.15) is 61.0 Å². The molecule has 0 aliphatic carbocycles. The first-order chi connectivity index (χ1) is 18.4. The van der Waals surface area contributed by atoms with Crippen LogP contribution in [0, 0.1) is 11.8 Å². The zero-order chi connectivity index (χ0) is 26.1. The topological polar surface area (TPSA) is 61.0 Å². The van der Waals surface area contributed by atoms with Crippen molar-refractivity contribution in [2.24, 2.45) is 11.8 Å². The second kappa shape index (κ2) is 8.65. The summed E-state index contributed by atoms with van der Waals surface area (Å²) in [6.07, 6.45) is 2.03. The number of hydrogen-bond donors (Lipinski definition) is 2. The molecule has 6 nitrogen and oxygen atoms in total. The van der Waals surface area contributed by atoms with Gasteiger partial charge in [0.15, 0.2) is 0 Å². The third-order valence-corrected chi connectivity index (χ3v) is 9.68. The maximum atomic E-state index is 6.57. The Morgan fingerprint density at radius 2 is 1.05 bits per heavy atom. The number of fused-ring (bicyclic) bond motifs is 6. The highest BCUT2D eigenvalue weighted by Gasteiger charge is 2.54. The number of ether oxygens (including phenoxy) is 4. The zero-order valence-electron chi connectivity index (χ0n) is 22.5. The van der Waals surface area contributed by atoms with Crippen molar-refractivity contribution in [2.75, 3.05) is 38.1 Å². The monoisotopic (exact) mass is 512 g/mol. The van der Waals surface area contributed by atoms with E-state index in [-0.39, 0.29) is 23.3 Å². The van der Waals surface area contributed by atoms with Gasteiger partial charge in [-0.2, -0.15) is 0 Å². The Bertz CT molecular complexity index is 1250. The molecule has 7 rings (SSSR count). The van der Waals surface area contributed by atoms with Crippen LogP contribution in [0.4, 0.5) is 11.4 Å². The van der Waals surface area contributed by atoms with E-state index in [4.69, 9.17) is 18.9 Å². The molecule has 0 spiro atoms. The first-order valence-electron chi connectivity index (χ1n) is 13.7. The van der Waals surface area contributed by atoms with Gasteiger partial charge >= 0.3 is 0 Å². The summed E-state index contributed by atoms with van der Waals surface area (Å²) in [5.41, 5.74) is 6.52. The molecule has 0 amide bonds. The van der Waals surface area contributed by atoms with Crippen molar-refractivity contribution >= 4 is 11.4 Å². The van der Waals surface area contributed by atoms with Crippen molar-refractivity contribution in [3.63, 3.8) is 0 Å². The second-order valence-electron chi connectivity index (χ2n) is 11.4. The fourth-order valence-electron chi connectivity index (χ4n) is 7.54. The maximum Gasteiger partial charge on any atom is 0.118 e. The van der Waals surface area contributed by atoms with Crippen molar-refractivity contribution in [3.8, 4) is 11.5 Å². The van der Waals surface area contributed by atoms with Gasteiger partial charge in [0.05, 0.1) is 37.5 Å². The molecule has 3 aromatic rings. The molecule has 4 heterocycles. The van der Waals surface area contributed by atoms with Gasteiger partial charge in [0.1, 0.15) is 11.5 Å². The van der Waals surface area contributed by atoms with Crippen LogP contribution in [0.25, 0.3) is 0 Å². The van der Waals surface area contributed by atoms with Crippen LogP contribution in [0.2, 0.25) is 0 Å². The minimum Gasteiger partial charge on any atom is -0.497 e. The van der Waals surface area contributed by atoms with Crippen molar-refractivity contribution in [1.29, 1.82) is 0 Å². The van der Waals surface area contributed by atoms with Crippen LogP contribution < -0.4 is 20.1 Å². The standard InChI is InChI=1S/C32H36N2O4/c1-31-23(13-15-37-31)29(19-5-9-21(35-3)10-6-19)33-27-18-26-28(17-25(27)31)34-30(24-14-16-38-32(24,26)2)20-7-11-22(36-4)12-8-20/h5-12,17-18,23-24,29-30,33-34H,13-16H2,1-4H3/t23-,24-,29?,30?,31-,32-/m0/s1. The molecule has 2 fully saturated rings. The second-order valence-corrected chi connectivity index (χ2v) is 11.4. The number of benzene rings is 3. The largest absolute Gasteiger partial charge is 0.497 e. The molecule has 0 saturated carbocycles. The van der Waals surface area contributed by atoms with E-state index >= 15 is 0 Å². The van der Waals surface area contributed by atoms with Crippen LogP contribution in [0.15, 0.2) is 60.7 Å². The summed E-state index contributed by atoms with van der Waals surface area (Å²) in [6, 6.07) is 21.9. The Morgan fingerprint density at radius 1 is 0.658 bits per heavy atom. The molecule has 6 atom stereocenters. The molecule has 198 valence electrons. The molecule has 6 heteroatoms. The summed E-state index contributed by atoms with van der Waals surface area (Å²) < 4.78 is 24.0. The Labute approximate surface area is 224 Å². The summed E-state index contributed by atoms with van der Waals surface area (Å²) in [5.74, 6) is 2.40. The molecule has 2 saturated heterocycles. The minimum atomic E-state index is -0.369. The normalized spacial score (nSPS) is 32.7. The smallest absolute Gasteiger partial charge is 0.118 e. The first-order valence-corrected chi connectivity index (χ1v) is 13.7. The van der Waals surface area contributed by atoms with Gasteiger partial charge in [0.25, 0.3) is 0 Å². The van der Waals surface area contributed by atoms with Crippen LogP contribution >= 0.6 is 0 Å². The van der Waals surface area contributed by atoms with Gasteiger partial charge in [-0.15, -0.1) is 0 Å². The highest BCUT2D eigenvalue weighted by atomic mass is 16.5. The Morgan fingerprint density at radius 3 is 1.42 bits per heavy atom.